The van der Waals surface area contributed by atoms with Gasteiger partial charge in [0, 0.05) is 45.1 Å². The fourth-order valence-electron chi connectivity index (χ4n) is 2.41. The molecule has 140 valence electrons. The van der Waals surface area contributed by atoms with Gasteiger partial charge in [-0.3, -0.25) is 4.79 Å². The van der Waals surface area contributed by atoms with Gasteiger partial charge < -0.3 is 20.3 Å². The Balaban J connectivity index is 1.85. The topological polar surface area (TPSA) is 78.9 Å². The van der Waals surface area contributed by atoms with Crippen LogP contribution in [-0.2, 0) is 16.0 Å². The number of hydrogen-bond acceptors (Lipinski definition) is 5. The van der Waals surface area contributed by atoms with Crippen molar-refractivity contribution in [1.82, 2.24) is 20.5 Å². The first-order valence-electron chi connectivity index (χ1n) is 8.72. The molecular formula is C17H29N5O2S. The van der Waals surface area contributed by atoms with Crippen LogP contribution in [0.1, 0.15) is 28.4 Å². The molecule has 1 unspecified atom stereocenters. The summed E-state index contributed by atoms with van der Waals surface area (Å²) >= 11 is 1.73. The lowest BCUT2D eigenvalue weighted by molar-refractivity contribution is -0.127. The van der Waals surface area contributed by atoms with Gasteiger partial charge in [0.15, 0.2) is 5.96 Å². The van der Waals surface area contributed by atoms with E-state index in [0.717, 1.165) is 43.1 Å². The zero-order chi connectivity index (χ0) is 18.2. The Hall–Kier alpha value is -1.67. The lowest BCUT2D eigenvalue weighted by Crippen LogP contribution is -2.42. The number of carbonyl (C=O) groups excluding carboxylic acids is 1. The van der Waals surface area contributed by atoms with Crippen LogP contribution in [-0.4, -0.2) is 68.2 Å². The summed E-state index contributed by atoms with van der Waals surface area (Å²) < 4.78 is 5.63. The first kappa shape index (κ1) is 19.7. The second-order valence-electron chi connectivity index (χ2n) is 6.39. The van der Waals surface area contributed by atoms with E-state index in [0.29, 0.717) is 12.5 Å². The number of amides is 1. The van der Waals surface area contributed by atoms with Crippen LogP contribution in [0.2, 0.25) is 0 Å². The Morgan fingerprint density at radius 3 is 2.80 bits per heavy atom. The Labute approximate surface area is 153 Å². The molecule has 2 heterocycles. The minimum absolute atomic E-state index is 0.0237. The molecule has 0 aliphatic carbocycles. The van der Waals surface area contributed by atoms with Gasteiger partial charge >= 0.3 is 0 Å². The zero-order valence-corrected chi connectivity index (χ0v) is 16.4. The molecule has 0 saturated carbocycles. The minimum Gasteiger partial charge on any atom is -0.376 e. The predicted octanol–water partition coefficient (Wildman–Crippen LogP) is 1.10. The number of aryl methyl sites for hydroxylation is 2. The average molecular weight is 368 g/mol. The second kappa shape index (κ2) is 9.72. The molecular weight excluding hydrogens is 338 g/mol. The molecule has 1 aliphatic rings. The van der Waals surface area contributed by atoms with Crippen LogP contribution >= 0.6 is 11.3 Å². The van der Waals surface area contributed by atoms with E-state index in [1.54, 1.807) is 30.3 Å². The fourth-order valence-corrected chi connectivity index (χ4v) is 3.35. The molecule has 25 heavy (non-hydrogen) atoms. The van der Waals surface area contributed by atoms with Crippen molar-refractivity contribution in [3.8, 4) is 0 Å². The van der Waals surface area contributed by atoms with Gasteiger partial charge in [-0.2, -0.15) is 0 Å². The summed E-state index contributed by atoms with van der Waals surface area (Å²) in [6.45, 7) is 6.51. The Bertz CT molecular complexity index is 574. The third-order valence-electron chi connectivity index (χ3n) is 4.10. The molecule has 1 amide bonds. The molecule has 0 bridgehead atoms. The van der Waals surface area contributed by atoms with E-state index in [1.807, 2.05) is 6.92 Å². The maximum Gasteiger partial charge on any atom is 0.243 e. The van der Waals surface area contributed by atoms with E-state index < -0.39 is 0 Å². The number of carbonyl (C=O) groups is 1. The Morgan fingerprint density at radius 1 is 1.40 bits per heavy atom. The number of aromatic nitrogens is 1. The maximum absolute atomic E-state index is 11.8. The molecule has 2 N–H and O–H groups in total. The molecule has 1 saturated heterocycles. The van der Waals surface area contributed by atoms with Crippen LogP contribution in [0.4, 0.5) is 0 Å². The lowest BCUT2D eigenvalue weighted by atomic mass is 10.2. The highest BCUT2D eigenvalue weighted by molar-refractivity contribution is 7.11. The monoisotopic (exact) mass is 367 g/mol. The molecule has 8 heteroatoms. The van der Waals surface area contributed by atoms with E-state index in [-0.39, 0.29) is 18.6 Å². The molecule has 1 aromatic rings. The fraction of sp³-hybridized carbons (Fsp3) is 0.706. The van der Waals surface area contributed by atoms with Crippen molar-refractivity contribution in [2.75, 3.05) is 40.3 Å². The normalized spacial score (nSPS) is 17.6. The van der Waals surface area contributed by atoms with Gasteiger partial charge in [0.25, 0.3) is 0 Å². The molecule has 0 radical (unpaired) electrons. The van der Waals surface area contributed by atoms with Crippen molar-refractivity contribution in [1.29, 1.82) is 0 Å². The first-order valence-corrected chi connectivity index (χ1v) is 9.54. The largest absolute Gasteiger partial charge is 0.376 e. The van der Waals surface area contributed by atoms with Crippen LogP contribution in [0.5, 0.6) is 0 Å². The van der Waals surface area contributed by atoms with Crippen molar-refractivity contribution in [2.24, 2.45) is 4.99 Å². The number of rotatable bonds is 7. The van der Waals surface area contributed by atoms with E-state index in [1.165, 1.54) is 4.88 Å². The standard InChI is InChI=1S/C17H29N5O2S/c1-12-13(2)25-15(21-12)7-8-18-17(20-11-16(23)22(3)4)19-10-14-6-5-9-24-14/h14H,5-11H2,1-4H3,(H2,18,19,20). The SMILES string of the molecule is Cc1nc(CCNC(=NCC(=O)N(C)C)NCC2CCCO2)sc1C. The van der Waals surface area contributed by atoms with Crippen molar-refractivity contribution in [2.45, 2.75) is 39.2 Å². The predicted molar refractivity (Wildman–Crippen MR) is 101 cm³/mol. The van der Waals surface area contributed by atoms with Gasteiger partial charge in [-0.05, 0) is 26.7 Å². The molecule has 1 atom stereocenters. The van der Waals surface area contributed by atoms with E-state index in [9.17, 15) is 4.79 Å². The van der Waals surface area contributed by atoms with Crippen LogP contribution in [0.3, 0.4) is 0 Å². The number of ether oxygens (including phenoxy) is 1. The average Bonchev–Trinajstić information content (AvgIpc) is 3.19. The van der Waals surface area contributed by atoms with E-state index >= 15 is 0 Å². The number of nitrogens with zero attached hydrogens (tertiary/aromatic N) is 3. The van der Waals surface area contributed by atoms with Crippen LogP contribution in [0.15, 0.2) is 4.99 Å². The number of hydrogen-bond donors (Lipinski definition) is 2. The smallest absolute Gasteiger partial charge is 0.243 e. The first-order chi connectivity index (χ1) is 12.0. The molecule has 1 aliphatic heterocycles. The Morgan fingerprint density at radius 2 is 2.20 bits per heavy atom. The molecule has 0 aromatic carbocycles. The summed E-state index contributed by atoms with van der Waals surface area (Å²) in [5, 5.41) is 7.70. The maximum atomic E-state index is 11.8. The van der Waals surface area contributed by atoms with Gasteiger partial charge in [0.1, 0.15) is 6.54 Å². The highest BCUT2D eigenvalue weighted by Gasteiger charge is 2.16. The molecule has 0 spiro atoms. The second-order valence-corrected chi connectivity index (χ2v) is 7.68. The summed E-state index contributed by atoms with van der Waals surface area (Å²) in [6.07, 6.45) is 3.23. The summed E-state index contributed by atoms with van der Waals surface area (Å²) in [6, 6.07) is 0. The van der Waals surface area contributed by atoms with Crippen LogP contribution in [0.25, 0.3) is 0 Å². The molecule has 2 rings (SSSR count). The van der Waals surface area contributed by atoms with E-state index in [2.05, 4.69) is 27.5 Å². The summed E-state index contributed by atoms with van der Waals surface area (Å²) in [4.78, 5) is 23.5. The van der Waals surface area contributed by atoms with Gasteiger partial charge in [0.05, 0.1) is 16.8 Å². The van der Waals surface area contributed by atoms with E-state index in [4.69, 9.17) is 4.74 Å². The third-order valence-corrected chi connectivity index (χ3v) is 5.23. The minimum atomic E-state index is -0.0237. The van der Waals surface area contributed by atoms with Gasteiger partial charge in [-0.1, -0.05) is 0 Å². The molecule has 1 aromatic heterocycles. The third kappa shape index (κ3) is 6.62. The van der Waals surface area contributed by atoms with Crippen molar-refractivity contribution < 1.29 is 9.53 Å². The summed E-state index contributed by atoms with van der Waals surface area (Å²) in [5.41, 5.74) is 1.10. The number of likely N-dealkylation sites (N-methyl/N-ethyl adjacent to an activating group) is 1. The summed E-state index contributed by atoms with van der Waals surface area (Å²) in [5.74, 6) is 0.625. The van der Waals surface area contributed by atoms with Gasteiger partial charge in [-0.15, -0.1) is 11.3 Å². The van der Waals surface area contributed by atoms with Crippen LogP contribution in [0, 0.1) is 13.8 Å². The summed E-state index contributed by atoms with van der Waals surface area (Å²) in [7, 11) is 3.47. The molecule has 7 nitrogen and oxygen atoms in total. The molecule has 1 fully saturated rings. The number of nitrogens with one attached hydrogen (secondary N) is 2. The highest BCUT2D eigenvalue weighted by Crippen LogP contribution is 2.16. The van der Waals surface area contributed by atoms with Gasteiger partial charge in [0.2, 0.25) is 5.91 Å². The van der Waals surface area contributed by atoms with Crippen molar-refractivity contribution in [3.05, 3.63) is 15.6 Å². The van der Waals surface area contributed by atoms with Crippen molar-refractivity contribution in [3.63, 3.8) is 0 Å². The number of thiazole rings is 1. The Kier molecular flexibility index (Phi) is 7.64. The number of aliphatic imine (C=N–C) groups is 1. The van der Waals surface area contributed by atoms with Crippen LogP contribution < -0.4 is 10.6 Å². The lowest BCUT2D eigenvalue weighted by Gasteiger charge is -2.16. The zero-order valence-electron chi connectivity index (χ0n) is 15.6. The van der Waals surface area contributed by atoms with Crippen molar-refractivity contribution >= 4 is 23.2 Å². The quantitative estimate of drug-likeness (QED) is 0.557. The van der Waals surface area contributed by atoms with Gasteiger partial charge in [-0.25, -0.2) is 9.98 Å². The highest BCUT2D eigenvalue weighted by atomic mass is 32.1. The number of guanidine groups is 1.